The number of rotatable bonds is 8. The van der Waals surface area contributed by atoms with E-state index < -0.39 is 5.97 Å². The van der Waals surface area contributed by atoms with Gasteiger partial charge in [-0.05, 0) is 19.3 Å². The van der Waals surface area contributed by atoms with Crippen molar-refractivity contribution >= 4 is 27.9 Å². The van der Waals surface area contributed by atoms with E-state index in [-0.39, 0.29) is 45.1 Å². The Morgan fingerprint density at radius 1 is 1.35 bits per heavy atom. The average Bonchev–Trinajstić information content (AvgIpc) is 2.26. The van der Waals surface area contributed by atoms with Crippen molar-refractivity contribution in [2.75, 3.05) is 12.4 Å². The van der Waals surface area contributed by atoms with Gasteiger partial charge in [-0.15, -0.1) is 0 Å². The fourth-order valence-electron chi connectivity index (χ4n) is 1.19. The summed E-state index contributed by atoms with van der Waals surface area (Å²) >= 11 is 3.24. The van der Waals surface area contributed by atoms with E-state index in [2.05, 4.69) is 20.7 Å². The number of carbonyl (C=O) groups is 2. The third kappa shape index (κ3) is 12.5. The van der Waals surface area contributed by atoms with Crippen LogP contribution < -0.4 is 0 Å². The van der Waals surface area contributed by atoms with E-state index in [0.717, 1.165) is 24.8 Å². The first kappa shape index (κ1) is 19.6. The summed E-state index contributed by atoms with van der Waals surface area (Å²) < 4.78 is 4.51. The molecule has 0 fully saturated rings. The Morgan fingerprint density at radius 3 is 2.47 bits per heavy atom. The molecule has 6 heteroatoms. The number of unbranched alkanes of at least 4 members (excludes halogenated alkanes) is 2. The molecule has 0 spiro atoms. The van der Waals surface area contributed by atoms with E-state index in [9.17, 15) is 9.59 Å². The Hall–Kier alpha value is 0.264. The molecule has 1 radical (unpaired) electrons. The molecule has 1 N–H and O–H groups in total. The number of carbonyl (C=O) groups excluding carboxylic acids is 1. The number of aliphatic carboxylic acids is 1. The van der Waals surface area contributed by atoms with Gasteiger partial charge in [-0.2, -0.15) is 0 Å². The fraction of sp³-hybridized carbons (Fsp3) is 0.636. The van der Waals surface area contributed by atoms with Crippen LogP contribution in [-0.2, 0) is 47.0 Å². The minimum Gasteiger partial charge on any atom is -0.481 e. The maximum Gasteiger partial charge on any atom is 0.307 e. The maximum atomic E-state index is 10.8. The topological polar surface area (TPSA) is 63.6 Å². The van der Waals surface area contributed by atoms with E-state index in [4.69, 9.17) is 5.11 Å². The first-order chi connectivity index (χ1) is 7.60. The second kappa shape index (κ2) is 12.7. The number of halogens is 1. The Balaban J connectivity index is 0. The van der Waals surface area contributed by atoms with Crippen LogP contribution in [0.1, 0.15) is 32.1 Å². The van der Waals surface area contributed by atoms with Crippen LogP contribution in [-0.4, -0.2) is 29.5 Å². The molecule has 4 nitrogen and oxygen atoms in total. The van der Waals surface area contributed by atoms with Gasteiger partial charge in [-0.25, -0.2) is 0 Å². The zero-order valence-electron chi connectivity index (χ0n) is 9.95. The number of methoxy groups -OCH3 is 1. The van der Waals surface area contributed by atoms with Gasteiger partial charge in [-0.1, -0.05) is 27.6 Å². The molecular weight excluding hydrogens is 365 g/mol. The van der Waals surface area contributed by atoms with Crippen LogP contribution in [0.5, 0.6) is 0 Å². The van der Waals surface area contributed by atoms with Gasteiger partial charge in [0.15, 0.2) is 0 Å². The van der Waals surface area contributed by atoms with Crippen molar-refractivity contribution < 1.29 is 52.1 Å². The largest absolute Gasteiger partial charge is 0.481 e. The summed E-state index contributed by atoms with van der Waals surface area (Å²) in [5, 5.41) is 9.18. The Bertz CT molecular complexity index is 266. The molecule has 0 aromatic heterocycles. The summed E-state index contributed by atoms with van der Waals surface area (Å²) in [6, 6.07) is 0. The van der Waals surface area contributed by atoms with Crippen molar-refractivity contribution in [2.24, 2.45) is 0 Å². The Morgan fingerprint density at radius 2 is 2.00 bits per heavy atom. The second-order valence-corrected chi connectivity index (χ2v) is 3.95. The third-order valence-electron chi connectivity index (χ3n) is 2.05. The molecule has 95 valence electrons. The summed E-state index contributed by atoms with van der Waals surface area (Å²) in [7, 11) is 1.37. The van der Waals surface area contributed by atoms with Crippen LogP contribution in [0.15, 0.2) is 11.6 Å². The Kier molecular flexibility index (Phi) is 14.7. The predicted molar refractivity (Wildman–Crippen MR) is 64.6 cm³/mol. The standard InChI is InChI=1S/C11H17BrO4.Y/c1-16-11(15)6-4-2-3-5-9(8-12)7-10(13)14;/h5H,2-4,6-8H2,1H3,(H,13,14);/b9-5-;. The number of hydrogen-bond acceptors (Lipinski definition) is 3. The van der Waals surface area contributed by atoms with Crippen LogP contribution in [0, 0.1) is 0 Å². The minimum absolute atomic E-state index is 0. The summed E-state index contributed by atoms with van der Waals surface area (Å²) in [5.41, 5.74) is 0.866. The number of alkyl halides is 1. The van der Waals surface area contributed by atoms with Crippen LogP contribution >= 0.6 is 15.9 Å². The SMILES string of the molecule is COC(=O)CCCC/C=C(\CBr)CC(=O)O.[Y]. The second-order valence-electron chi connectivity index (χ2n) is 3.39. The van der Waals surface area contributed by atoms with Crippen molar-refractivity contribution in [3.8, 4) is 0 Å². The van der Waals surface area contributed by atoms with Crippen molar-refractivity contribution in [1.82, 2.24) is 0 Å². The number of carboxylic acid groups (broad SMARTS) is 1. The molecule has 0 rings (SSSR count). The molecule has 0 aliphatic heterocycles. The predicted octanol–water partition coefficient (Wildman–Crippen LogP) is 2.51. The van der Waals surface area contributed by atoms with Crippen LogP contribution in [0.25, 0.3) is 0 Å². The maximum absolute atomic E-state index is 10.8. The van der Waals surface area contributed by atoms with Gasteiger partial charge >= 0.3 is 11.9 Å². The molecule has 0 heterocycles. The van der Waals surface area contributed by atoms with Gasteiger partial charge in [-0.3, -0.25) is 9.59 Å². The van der Waals surface area contributed by atoms with Gasteiger partial charge < -0.3 is 9.84 Å². The van der Waals surface area contributed by atoms with Gasteiger partial charge in [0.1, 0.15) is 0 Å². The quantitative estimate of drug-likeness (QED) is 0.303. The van der Waals surface area contributed by atoms with Crippen molar-refractivity contribution in [1.29, 1.82) is 0 Å². The number of ether oxygens (including phenoxy) is 1. The summed E-state index contributed by atoms with van der Waals surface area (Å²) in [6.07, 6.45) is 4.84. The Labute approximate surface area is 135 Å². The van der Waals surface area contributed by atoms with Crippen LogP contribution in [0.4, 0.5) is 0 Å². The smallest absolute Gasteiger partial charge is 0.307 e. The number of hydrogen-bond donors (Lipinski definition) is 1. The molecule has 0 aromatic carbocycles. The molecular formula is C11H17BrO4Y. The summed E-state index contributed by atoms with van der Waals surface area (Å²) in [5.74, 6) is -1.02. The van der Waals surface area contributed by atoms with E-state index in [1.807, 2.05) is 6.08 Å². The molecule has 0 bridgehead atoms. The molecule has 0 amide bonds. The zero-order valence-corrected chi connectivity index (χ0v) is 14.4. The van der Waals surface area contributed by atoms with E-state index in [1.165, 1.54) is 7.11 Å². The number of esters is 1. The molecule has 0 saturated heterocycles. The first-order valence-electron chi connectivity index (χ1n) is 5.12. The fourth-order valence-corrected chi connectivity index (χ4v) is 1.62. The van der Waals surface area contributed by atoms with Gasteiger partial charge in [0.25, 0.3) is 0 Å². The molecule has 0 aliphatic carbocycles. The normalized spacial score (nSPS) is 10.6. The molecule has 0 unspecified atom stereocenters. The van der Waals surface area contributed by atoms with Gasteiger partial charge in [0.05, 0.1) is 13.5 Å². The van der Waals surface area contributed by atoms with E-state index >= 15 is 0 Å². The van der Waals surface area contributed by atoms with Crippen molar-refractivity contribution in [3.63, 3.8) is 0 Å². The third-order valence-corrected chi connectivity index (χ3v) is 2.77. The number of allylic oxidation sites excluding steroid dienone is 1. The molecule has 0 aliphatic rings. The van der Waals surface area contributed by atoms with Crippen LogP contribution in [0.3, 0.4) is 0 Å². The van der Waals surface area contributed by atoms with Crippen molar-refractivity contribution in [3.05, 3.63) is 11.6 Å². The van der Waals surface area contributed by atoms with Gasteiger partial charge in [0, 0.05) is 44.5 Å². The number of carboxylic acids is 1. The monoisotopic (exact) mass is 381 g/mol. The molecule has 17 heavy (non-hydrogen) atoms. The van der Waals surface area contributed by atoms with E-state index in [1.54, 1.807) is 0 Å². The van der Waals surface area contributed by atoms with Crippen molar-refractivity contribution in [2.45, 2.75) is 32.1 Å². The zero-order chi connectivity index (χ0) is 12.4. The molecule has 0 aromatic rings. The average molecular weight is 382 g/mol. The molecule has 0 atom stereocenters. The summed E-state index contributed by atoms with van der Waals surface area (Å²) in [6.45, 7) is 0. The van der Waals surface area contributed by atoms with Gasteiger partial charge in [0.2, 0.25) is 0 Å². The first-order valence-corrected chi connectivity index (χ1v) is 6.24. The minimum atomic E-state index is -0.819. The molecule has 0 saturated carbocycles. The van der Waals surface area contributed by atoms with Crippen LogP contribution in [0.2, 0.25) is 0 Å². The van der Waals surface area contributed by atoms with E-state index in [0.29, 0.717) is 11.8 Å². The summed E-state index contributed by atoms with van der Waals surface area (Å²) in [4.78, 5) is 21.3.